The van der Waals surface area contributed by atoms with E-state index in [0.29, 0.717) is 11.1 Å². The molecule has 0 heterocycles. The molecule has 2 saturated carbocycles. The molecule has 2 N–H and O–H groups in total. The molecule has 0 aromatic heterocycles. The summed E-state index contributed by atoms with van der Waals surface area (Å²) >= 11 is 6.23. The summed E-state index contributed by atoms with van der Waals surface area (Å²) in [4.78, 5) is 0. The number of ether oxygens (including phenoxy) is 1. The van der Waals surface area contributed by atoms with Crippen molar-refractivity contribution in [1.29, 1.82) is 0 Å². The van der Waals surface area contributed by atoms with Gasteiger partial charge in [-0.05, 0) is 37.5 Å². The van der Waals surface area contributed by atoms with E-state index in [-0.39, 0.29) is 11.5 Å². The number of hydrogen-bond donors (Lipinski definition) is 1. The Balaban J connectivity index is 1.77. The minimum absolute atomic E-state index is 0.230. The highest BCUT2D eigenvalue weighted by Gasteiger charge is 2.56. The van der Waals surface area contributed by atoms with Crippen molar-refractivity contribution < 1.29 is 4.74 Å². The van der Waals surface area contributed by atoms with Gasteiger partial charge in [-0.15, -0.1) is 0 Å². The van der Waals surface area contributed by atoms with Gasteiger partial charge in [-0.25, -0.2) is 0 Å². The van der Waals surface area contributed by atoms with Gasteiger partial charge >= 0.3 is 0 Å². The zero-order chi connectivity index (χ0) is 12.8. The van der Waals surface area contributed by atoms with E-state index in [9.17, 15) is 0 Å². The van der Waals surface area contributed by atoms with Gasteiger partial charge in [0, 0.05) is 17.9 Å². The van der Waals surface area contributed by atoms with Crippen molar-refractivity contribution >= 4 is 11.6 Å². The topological polar surface area (TPSA) is 35.2 Å². The molecule has 18 heavy (non-hydrogen) atoms. The molecular weight excluding hydrogens is 246 g/mol. The average molecular weight is 266 g/mol. The van der Waals surface area contributed by atoms with Crippen LogP contribution in [0.2, 0.25) is 5.02 Å². The van der Waals surface area contributed by atoms with Crippen LogP contribution in [0.25, 0.3) is 0 Å². The molecule has 1 spiro atoms. The second-order valence-electron chi connectivity index (χ2n) is 5.82. The first kappa shape index (κ1) is 12.3. The second kappa shape index (κ2) is 4.43. The molecule has 2 atom stereocenters. The molecule has 2 aliphatic rings. The van der Waals surface area contributed by atoms with Gasteiger partial charge < -0.3 is 10.5 Å². The van der Waals surface area contributed by atoms with Crippen molar-refractivity contribution in [3.8, 4) is 5.75 Å². The number of rotatable bonds is 2. The molecule has 1 aromatic carbocycles. The largest absolute Gasteiger partial charge is 0.488 e. The Bertz CT molecular complexity index is 454. The number of hydrogen-bond acceptors (Lipinski definition) is 2. The molecule has 1 aromatic rings. The Labute approximate surface area is 113 Å². The van der Waals surface area contributed by atoms with Crippen LogP contribution in [-0.2, 0) is 0 Å². The van der Waals surface area contributed by atoms with E-state index in [1.54, 1.807) is 0 Å². The Morgan fingerprint density at radius 3 is 2.67 bits per heavy atom. The second-order valence-corrected chi connectivity index (χ2v) is 6.23. The molecule has 0 radical (unpaired) electrons. The number of aryl methyl sites for hydroxylation is 1. The lowest BCUT2D eigenvalue weighted by Crippen LogP contribution is -2.62. The maximum atomic E-state index is 6.23. The summed E-state index contributed by atoms with van der Waals surface area (Å²) in [7, 11) is 0. The first-order valence-corrected chi connectivity index (χ1v) is 7.18. The van der Waals surface area contributed by atoms with Crippen LogP contribution in [0.1, 0.15) is 37.7 Å². The Hall–Kier alpha value is -0.730. The molecular formula is C15H20ClNO. The van der Waals surface area contributed by atoms with Crippen LogP contribution in [0.3, 0.4) is 0 Å². The van der Waals surface area contributed by atoms with Gasteiger partial charge in [0.2, 0.25) is 0 Å². The lowest BCUT2D eigenvalue weighted by Gasteiger charge is -2.52. The Morgan fingerprint density at radius 2 is 2.06 bits per heavy atom. The lowest BCUT2D eigenvalue weighted by atomic mass is 9.61. The third-order valence-corrected chi connectivity index (χ3v) is 5.03. The quantitative estimate of drug-likeness (QED) is 0.885. The van der Waals surface area contributed by atoms with Crippen molar-refractivity contribution in [1.82, 2.24) is 0 Å². The van der Waals surface area contributed by atoms with Crippen LogP contribution in [0.4, 0.5) is 0 Å². The van der Waals surface area contributed by atoms with E-state index in [0.717, 1.165) is 17.7 Å². The fourth-order valence-electron chi connectivity index (χ4n) is 3.52. The Kier molecular flexibility index (Phi) is 3.03. The molecule has 2 nitrogen and oxygen atoms in total. The summed E-state index contributed by atoms with van der Waals surface area (Å²) in [6.45, 7) is 2.04. The first-order chi connectivity index (χ1) is 8.62. The van der Waals surface area contributed by atoms with Gasteiger partial charge in [0.15, 0.2) is 0 Å². The summed E-state index contributed by atoms with van der Waals surface area (Å²) in [5.74, 6) is 0.811. The molecule has 3 rings (SSSR count). The zero-order valence-corrected chi connectivity index (χ0v) is 11.5. The molecule has 0 saturated heterocycles. The maximum absolute atomic E-state index is 6.23. The minimum Gasteiger partial charge on any atom is -0.488 e. The highest BCUT2D eigenvalue weighted by molar-refractivity contribution is 6.32. The molecule has 0 bridgehead atoms. The van der Waals surface area contributed by atoms with Crippen molar-refractivity contribution in [3.05, 3.63) is 28.8 Å². The fraction of sp³-hybridized carbons (Fsp3) is 0.600. The van der Waals surface area contributed by atoms with Crippen molar-refractivity contribution in [3.63, 3.8) is 0 Å². The SMILES string of the molecule is Cc1ccc(OC2CC(N)C23CCCC3)c(Cl)c1. The normalized spacial score (nSPS) is 29.3. The molecule has 0 aliphatic heterocycles. The van der Waals surface area contributed by atoms with E-state index in [1.807, 2.05) is 25.1 Å². The van der Waals surface area contributed by atoms with Crippen LogP contribution < -0.4 is 10.5 Å². The van der Waals surface area contributed by atoms with Crippen LogP contribution in [-0.4, -0.2) is 12.1 Å². The molecule has 2 fully saturated rings. The Morgan fingerprint density at radius 1 is 1.33 bits per heavy atom. The monoisotopic (exact) mass is 265 g/mol. The van der Waals surface area contributed by atoms with Crippen LogP contribution in [0.5, 0.6) is 5.75 Å². The van der Waals surface area contributed by atoms with E-state index in [1.165, 1.54) is 25.7 Å². The molecule has 3 heteroatoms. The van der Waals surface area contributed by atoms with E-state index < -0.39 is 0 Å². The highest BCUT2D eigenvalue weighted by Crippen LogP contribution is 2.54. The minimum atomic E-state index is 0.230. The molecule has 98 valence electrons. The molecule has 2 unspecified atom stereocenters. The number of benzene rings is 1. The van der Waals surface area contributed by atoms with Crippen LogP contribution >= 0.6 is 11.6 Å². The first-order valence-electron chi connectivity index (χ1n) is 6.80. The average Bonchev–Trinajstić information content (AvgIpc) is 2.83. The van der Waals surface area contributed by atoms with Crippen molar-refractivity contribution in [2.75, 3.05) is 0 Å². The molecule has 2 aliphatic carbocycles. The number of halogens is 1. The van der Waals surface area contributed by atoms with Gasteiger partial charge in [0.1, 0.15) is 11.9 Å². The highest BCUT2D eigenvalue weighted by atomic mass is 35.5. The summed E-state index contributed by atoms with van der Waals surface area (Å²) < 4.78 is 6.13. The zero-order valence-electron chi connectivity index (χ0n) is 10.8. The van der Waals surface area contributed by atoms with Crippen LogP contribution in [0, 0.1) is 12.3 Å². The van der Waals surface area contributed by atoms with Crippen molar-refractivity contribution in [2.24, 2.45) is 11.1 Å². The van der Waals surface area contributed by atoms with Gasteiger partial charge in [-0.1, -0.05) is 30.5 Å². The van der Waals surface area contributed by atoms with Gasteiger partial charge in [0.25, 0.3) is 0 Å². The van der Waals surface area contributed by atoms with Gasteiger partial charge in [0.05, 0.1) is 5.02 Å². The van der Waals surface area contributed by atoms with E-state index >= 15 is 0 Å². The third kappa shape index (κ3) is 1.83. The number of nitrogens with two attached hydrogens (primary N) is 1. The van der Waals surface area contributed by atoms with Gasteiger partial charge in [-0.2, -0.15) is 0 Å². The standard InChI is InChI=1S/C15H20ClNO/c1-10-4-5-12(11(16)8-10)18-14-9-13(17)15(14)6-2-3-7-15/h4-5,8,13-14H,2-3,6-7,9,17H2,1H3. The smallest absolute Gasteiger partial charge is 0.138 e. The molecule has 0 amide bonds. The summed E-state index contributed by atoms with van der Waals surface area (Å²) in [6, 6.07) is 6.29. The summed E-state index contributed by atoms with van der Waals surface area (Å²) in [6.07, 6.45) is 6.22. The summed E-state index contributed by atoms with van der Waals surface area (Å²) in [5, 5.41) is 0.712. The predicted molar refractivity (Wildman–Crippen MR) is 74.1 cm³/mol. The van der Waals surface area contributed by atoms with E-state index in [4.69, 9.17) is 22.1 Å². The third-order valence-electron chi connectivity index (χ3n) is 4.74. The van der Waals surface area contributed by atoms with E-state index in [2.05, 4.69) is 0 Å². The van der Waals surface area contributed by atoms with Crippen LogP contribution in [0.15, 0.2) is 18.2 Å². The fourth-order valence-corrected chi connectivity index (χ4v) is 3.80. The van der Waals surface area contributed by atoms with Gasteiger partial charge in [-0.3, -0.25) is 0 Å². The lowest BCUT2D eigenvalue weighted by molar-refractivity contribution is -0.0619. The van der Waals surface area contributed by atoms with Crippen molar-refractivity contribution in [2.45, 2.75) is 51.2 Å². The summed E-state index contributed by atoms with van der Waals surface area (Å²) in [5.41, 5.74) is 7.60. The predicted octanol–water partition coefficient (Wildman–Crippen LogP) is 3.69. The maximum Gasteiger partial charge on any atom is 0.138 e.